The number of carbonyl (C=O) groups excluding carboxylic acids is 1. The fourth-order valence-electron chi connectivity index (χ4n) is 1.76. The van der Waals surface area contributed by atoms with Gasteiger partial charge in [0.25, 0.3) is 5.91 Å². The van der Waals surface area contributed by atoms with Crippen molar-refractivity contribution in [3.8, 4) is 5.75 Å². The van der Waals surface area contributed by atoms with Crippen LogP contribution in [0.3, 0.4) is 0 Å². The number of rotatable bonds is 3. The smallest absolute Gasteiger partial charge is 0.260 e. The van der Waals surface area contributed by atoms with E-state index in [4.69, 9.17) is 16.3 Å². The van der Waals surface area contributed by atoms with Crippen LogP contribution < -0.4 is 10.1 Å². The second-order valence-corrected chi connectivity index (χ2v) is 4.42. The molecule has 2 aromatic rings. The maximum Gasteiger partial charge on any atom is 0.260 e. The number of aromatic nitrogens is 2. The molecule has 19 heavy (non-hydrogen) atoms. The molecule has 0 saturated heterocycles. The minimum Gasteiger partial charge on any atom is -0.497 e. The summed E-state index contributed by atoms with van der Waals surface area (Å²) in [5.41, 5.74) is 1.66. The van der Waals surface area contributed by atoms with Crippen molar-refractivity contribution in [1.29, 1.82) is 0 Å². The standard InChI is InChI=1S/C13H14ClN3O2/c1-8-11(12(14)17(2)16-8)13(18)15-9-4-6-10(19-3)7-5-9/h4-7H,1-3H3,(H,15,18). The zero-order valence-corrected chi connectivity index (χ0v) is 11.7. The molecule has 1 heterocycles. The summed E-state index contributed by atoms with van der Waals surface area (Å²) < 4.78 is 6.53. The Labute approximate surface area is 116 Å². The Balaban J connectivity index is 2.20. The van der Waals surface area contributed by atoms with Crippen LogP contribution in [0.4, 0.5) is 5.69 Å². The lowest BCUT2D eigenvalue weighted by atomic mass is 10.2. The second-order valence-electron chi connectivity index (χ2n) is 4.06. The van der Waals surface area contributed by atoms with Gasteiger partial charge in [0.15, 0.2) is 0 Å². The maximum atomic E-state index is 12.1. The molecule has 0 aliphatic rings. The number of anilines is 1. The van der Waals surface area contributed by atoms with Gasteiger partial charge in [-0.2, -0.15) is 5.10 Å². The molecule has 0 saturated carbocycles. The molecule has 0 bridgehead atoms. The Kier molecular flexibility index (Phi) is 3.76. The van der Waals surface area contributed by atoms with E-state index in [0.29, 0.717) is 22.1 Å². The normalized spacial score (nSPS) is 10.3. The first kappa shape index (κ1) is 13.4. The molecule has 1 aromatic carbocycles. The van der Waals surface area contributed by atoms with E-state index in [0.717, 1.165) is 5.75 Å². The summed E-state index contributed by atoms with van der Waals surface area (Å²) in [5, 5.41) is 7.20. The average molecular weight is 280 g/mol. The summed E-state index contributed by atoms with van der Waals surface area (Å²) in [6.07, 6.45) is 0. The van der Waals surface area contributed by atoms with E-state index in [1.54, 1.807) is 45.3 Å². The van der Waals surface area contributed by atoms with E-state index in [1.165, 1.54) is 4.68 Å². The van der Waals surface area contributed by atoms with Gasteiger partial charge in [-0.1, -0.05) is 11.6 Å². The Hall–Kier alpha value is -2.01. The fourth-order valence-corrected chi connectivity index (χ4v) is 2.02. The highest BCUT2D eigenvalue weighted by Crippen LogP contribution is 2.21. The molecule has 2 rings (SSSR count). The number of methoxy groups -OCH3 is 1. The molecule has 0 spiro atoms. The number of ether oxygens (including phenoxy) is 1. The maximum absolute atomic E-state index is 12.1. The largest absolute Gasteiger partial charge is 0.497 e. The van der Waals surface area contributed by atoms with Crippen molar-refractivity contribution in [1.82, 2.24) is 9.78 Å². The van der Waals surface area contributed by atoms with E-state index in [1.807, 2.05) is 0 Å². The first-order valence-corrected chi connectivity index (χ1v) is 6.05. The van der Waals surface area contributed by atoms with Crippen molar-refractivity contribution in [3.05, 3.63) is 40.7 Å². The highest BCUT2D eigenvalue weighted by atomic mass is 35.5. The molecule has 1 N–H and O–H groups in total. The first-order chi connectivity index (χ1) is 9.02. The van der Waals surface area contributed by atoms with Gasteiger partial charge in [0, 0.05) is 12.7 Å². The van der Waals surface area contributed by atoms with E-state index in [-0.39, 0.29) is 5.91 Å². The molecule has 100 valence electrons. The van der Waals surface area contributed by atoms with Crippen molar-refractivity contribution < 1.29 is 9.53 Å². The highest BCUT2D eigenvalue weighted by molar-refractivity contribution is 6.33. The van der Waals surface area contributed by atoms with Gasteiger partial charge < -0.3 is 10.1 Å². The third-order valence-electron chi connectivity index (χ3n) is 2.73. The van der Waals surface area contributed by atoms with Gasteiger partial charge in [-0.25, -0.2) is 0 Å². The van der Waals surface area contributed by atoms with Crippen LogP contribution in [-0.2, 0) is 7.05 Å². The van der Waals surface area contributed by atoms with E-state index in [2.05, 4.69) is 10.4 Å². The van der Waals surface area contributed by atoms with Gasteiger partial charge in [-0.3, -0.25) is 9.48 Å². The van der Waals surface area contributed by atoms with Crippen LogP contribution in [-0.4, -0.2) is 22.8 Å². The third-order valence-corrected chi connectivity index (χ3v) is 3.16. The van der Waals surface area contributed by atoms with Crippen molar-refractivity contribution in [2.75, 3.05) is 12.4 Å². The van der Waals surface area contributed by atoms with Crippen molar-refractivity contribution in [2.45, 2.75) is 6.92 Å². The van der Waals surface area contributed by atoms with Crippen LogP contribution in [0.2, 0.25) is 5.15 Å². The molecule has 0 aliphatic heterocycles. The number of nitrogens with zero attached hydrogens (tertiary/aromatic N) is 2. The number of halogens is 1. The number of benzene rings is 1. The molecular formula is C13H14ClN3O2. The van der Waals surface area contributed by atoms with Gasteiger partial charge in [0.1, 0.15) is 10.9 Å². The van der Waals surface area contributed by atoms with Gasteiger partial charge in [0.05, 0.1) is 18.4 Å². The highest BCUT2D eigenvalue weighted by Gasteiger charge is 2.18. The van der Waals surface area contributed by atoms with Crippen LogP contribution in [0.15, 0.2) is 24.3 Å². The Morgan fingerprint density at radius 1 is 1.37 bits per heavy atom. The predicted octanol–water partition coefficient (Wildman–Crippen LogP) is 2.64. The molecule has 6 heteroatoms. The number of carbonyl (C=O) groups is 1. The number of hydrogen-bond acceptors (Lipinski definition) is 3. The molecular weight excluding hydrogens is 266 g/mol. The lowest BCUT2D eigenvalue weighted by molar-refractivity contribution is 0.102. The molecule has 0 radical (unpaired) electrons. The molecule has 0 unspecified atom stereocenters. The van der Waals surface area contributed by atoms with Crippen molar-refractivity contribution >= 4 is 23.2 Å². The number of nitrogens with one attached hydrogen (secondary N) is 1. The number of amides is 1. The zero-order chi connectivity index (χ0) is 14.0. The van der Waals surface area contributed by atoms with Crippen LogP contribution >= 0.6 is 11.6 Å². The van der Waals surface area contributed by atoms with Crippen molar-refractivity contribution in [3.63, 3.8) is 0 Å². The first-order valence-electron chi connectivity index (χ1n) is 5.67. The minimum atomic E-state index is -0.277. The molecule has 5 nitrogen and oxygen atoms in total. The SMILES string of the molecule is COc1ccc(NC(=O)c2c(C)nn(C)c2Cl)cc1. The number of hydrogen-bond donors (Lipinski definition) is 1. The second kappa shape index (κ2) is 5.32. The Morgan fingerprint density at radius 2 is 2.00 bits per heavy atom. The van der Waals surface area contributed by atoms with Gasteiger partial charge >= 0.3 is 0 Å². The Bertz CT molecular complexity index is 605. The van der Waals surface area contributed by atoms with Gasteiger partial charge in [-0.15, -0.1) is 0 Å². The molecule has 0 aliphatic carbocycles. The quantitative estimate of drug-likeness (QED) is 0.940. The van der Waals surface area contributed by atoms with E-state index < -0.39 is 0 Å². The monoisotopic (exact) mass is 279 g/mol. The summed E-state index contributed by atoms with van der Waals surface area (Å²) in [6.45, 7) is 1.74. The molecule has 0 atom stereocenters. The molecule has 1 aromatic heterocycles. The van der Waals surface area contributed by atoms with E-state index in [9.17, 15) is 4.79 Å². The number of aryl methyl sites for hydroxylation is 2. The fraction of sp³-hybridized carbons (Fsp3) is 0.231. The summed E-state index contributed by atoms with van der Waals surface area (Å²) in [5.74, 6) is 0.453. The van der Waals surface area contributed by atoms with Gasteiger partial charge in [-0.05, 0) is 31.2 Å². The summed E-state index contributed by atoms with van der Waals surface area (Å²) >= 11 is 6.04. The summed E-state index contributed by atoms with van der Waals surface area (Å²) in [6, 6.07) is 7.06. The lowest BCUT2D eigenvalue weighted by Gasteiger charge is -2.06. The van der Waals surface area contributed by atoms with E-state index >= 15 is 0 Å². The van der Waals surface area contributed by atoms with Gasteiger partial charge in [0.2, 0.25) is 0 Å². The summed E-state index contributed by atoms with van der Waals surface area (Å²) in [7, 11) is 3.28. The van der Waals surface area contributed by atoms with Crippen LogP contribution in [0.5, 0.6) is 5.75 Å². The van der Waals surface area contributed by atoms with Crippen molar-refractivity contribution in [2.24, 2.45) is 7.05 Å². The molecule has 0 fully saturated rings. The Morgan fingerprint density at radius 3 is 2.47 bits per heavy atom. The van der Waals surface area contributed by atoms with Crippen LogP contribution in [0, 0.1) is 6.92 Å². The third kappa shape index (κ3) is 2.71. The lowest BCUT2D eigenvalue weighted by Crippen LogP contribution is -2.13. The minimum absolute atomic E-state index is 0.277. The van der Waals surface area contributed by atoms with Crippen LogP contribution in [0.1, 0.15) is 16.1 Å². The topological polar surface area (TPSA) is 56.1 Å². The molecule has 1 amide bonds. The summed E-state index contributed by atoms with van der Waals surface area (Å²) in [4.78, 5) is 12.1. The zero-order valence-electron chi connectivity index (χ0n) is 10.9. The van der Waals surface area contributed by atoms with Crippen LogP contribution in [0.25, 0.3) is 0 Å². The average Bonchev–Trinajstić information content (AvgIpc) is 2.64. The predicted molar refractivity (Wildman–Crippen MR) is 73.9 cm³/mol.